The van der Waals surface area contributed by atoms with Crippen LogP contribution < -0.4 is 15.2 Å². The van der Waals surface area contributed by atoms with E-state index in [2.05, 4.69) is 14.4 Å². The van der Waals surface area contributed by atoms with E-state index in [1.807, 2.05) is 0 Å². The third-order valence-corrected chi connectivity index (χ3v) is 6.96. The molecular formula is C14H19N3O6S2. The molecule has 0 bridgehead atoms. The molecule has 3 N–H and O–H groups in total. The average Bonchev–Trinajstić information content (AvgIpc) is 3.13. The molecule has 0 unspecified atom stereocenters. The van der Waals surface area contributed by atoms with Crippen LogP contribution in [0.3, 0.4) is 0 Å². The fourth-order valence-electron chi connectivity index (χ4n) is 2.84. The van der Waals surface area contributed by atoms with Crippen LogP contribution in [0, 0.1) is 0 Å². The zero-order valence-corrected chi connectivity index (χ0v) is 15.0. The first-order valence-corrected chi connectivity index (χ1v) is 11.0. The molecule has 1 saturated carbocycles. The fraction of sp³-hybridized carbons (Fsp3) is 0.500. The molecule has 3 rings (SSSR count). The number of H-pyrrole nitrogens is 1. The molecule has 0 amide bonds. The van der Waals surface area contributed by atoms with E-state index in [-0.39, 0.29) is 28.8 Å². The normalized spacial score (nSPS) is 16.6. The summed E-state index contributed by atoms with van der Waals surface area (Å²) < 4.78 is 58.2. The van der Waals surface area contributed by atoms with Gasteiger partial charge in [-0.2, -0.15) is 0 Å². The molecule has 1 aliphatic carbocycles. The molecule has 1 aliphatic rings. The van der Waals surface area contributed by atoms with E-state index in [0.717, 1.165) is 25.7 Å². The Morgan fingerprint density at radius 2 is 1.88 bits per heavy atom. The van der Waals surface area contributed by atoms with Gasteiger partial charge in [0.25, 0.3) is 0 Å². The number of hydrogen-bond donors (Lipinski definition) is 3. The van der Waals surface area contributed by atoms with Crippen molar-refractivity contribution in [3.05, 3.63) is 28.7 Å². The first-order valence-electron chi connectivity index (χ1n) is 7.88. The number of benzene rings is 1. The van der Waals surface area contributed by atoms with E-state index in [1.54, 1.807) is 0 Å². The van der Waals surface area contributed by atoms with Gasteiger partial charge in [-0.15, -0.1) is 0 Å². The smallest absolute Gasteiger partial charge is 0.408 e. The summed E-state index contributed by atoms with van der Waals surface area (Å²) in [4.78, 5) is 13.4. The lowest BCUT2D eigenvalue weighted by Crippen LogP contribution is -2.38. The topological polar surface area (TPSA) is 138 Å². The van der Waals surface area contributed by atoms with Gasteiger partial charge in [0.1, 0.15) is 0 Å². The third kappa shape index (κ3) is 4.48. The SMILES string of the molecule is O=c1[nH]c2ccc(S(=O)(=O)NCCS(=O)(=O)NC3CCCC3)cc2o1. The molecule has 0 atom stereocenters. The molecule has 11 heteroatoms. The van der Waals surface area contributed by atoms with Gasteiger partial charge in [0.05, 0.1) is 16.2 Å². The summed E-state index contributed by atoms with van der Waals surface area (Å²) in [5.74, 6) is -1.02. The molecule has 0 radical (unpaired) electrons. The van der Waals surface area contributed by atoms with Crippen LogP contribution in [0.5, 0.6) is 0 Å². The van der Waals surface area contributed by atoms with Crippen molar-refractivity contribution in [3.63, 3.8) is 0 Å². The van der Waals surface area contributed by atoms with Gasteiger partial charge in [-0.3, -0.25) is 4.98 Å². The van der Waals surface area contributed by atoms with Gasteiger partial charge in [0.15, 0.2) is 5.58 Å². The number of rotatable bonds is 7. The lowest BCUT2D eigenvalue weighted by atomic mass is 10.3. The van der Waals surface area contributed by atoms with Gasteiger partial charge < -0.3 is 4.42 Å². The molecule has 1 fully saturated rings. The second kappa shape index (κ2) is 6.90. The summed E-state index contributed by atoms with van der Waals surface area (Å²) in [5.41, 5.74) is 0.496. The van der Waals surface area contributed by atoms with Crippen LogP contribution in [0.25, 0.3) is 11.1 Å². The number of aromatic amines is 1. The Kier molecular flexibility index (Phi) is 5.00. The highest BCUT2D eigenvalue weighted by Gasteiger charge is 2.22. The molecule has 0 aliphatic heterocycles. The molecule has 138 valence electrons. The van der Waals surface area contributed by atoms with Crippen LogP contribution in [0.4, 0.5) is 0 Å². The summed E-state index contributed by atoms with van der Waals surface area (Å²) in [7, 11) is -7.45. The van der Waals surface area contributed by atoms with Crippen molar-refractivity contribution in [2.24, 2.45) is 0 Å². The predicted octanol–water partition coefficient (Wildman–Crippen LogP) is 0.261. The zero-order chi connectivity index (χ0) is 18.1. The van der Waals surface area contributed by atoms with E-state index < -0.39 is 25.8 Å². The van der Waals surface area contributed by atoms with Gasteiger partial charge in [0, 0.05) is 18.7 Å². The Morgan fingerprint density at radius 1 is 1.16 bits per heavy atom. The number of nitrogens with one attached hydrogen (secondary N) is 3. The minimum absolute atomic E-state index is 0.0551. The van der Waals surface area contributed by atoms with Crippen LogP contribution in [-0.4, -0.2) is 40.2 Å². The van der Waals surface area contributed by atoms with Crippen molar-refractivity contribution < 1.29 is 21.3 Å². The largest absolute Gasteiger partial charge is 0.417 e. The van der Waals surface area contributed by atoms with Crippen molar-refractivity contribution in [3.8, 4) is 0 Å². The van der Waals surface area contributed by atoms with E-state index in [0.29, 0.717) is 5.52 Å². The number of fused-ring (bicyclic) bond motifs is 1. The summed E-state index contributed by atoms with van der Waals surface area (Å²) >= 11 is 0. The van der Waals surface area contributed by atoms with Crippen molar-refractivity contribution in [1.29, 1.82) is 0 Å². The second-order valence-corrected chi connectivity index (χ2v) is 9.63. The Balaban J connectivity index is 1.63. The maximum atomic E-state index is 12.3. The Hall–Kier alpha value is -1.69. The first-order chi connectivity index (χ1) is 11.8. The van der Waals surface area contributed by atoms with E-state index >= 15 is 0 Å². The third-order valence-electron chi connectivity index (χ3n) is 4.07. The monoisotopic (exact) mass is 389 g/mol. The van der Waals surface area contributed by atoms with Crippen molar-refractivity contribution in [2.45, 2.75) is 36.6 Å². The highest BCUT2D eigenvalue weighted by molar-refractivity contribution is 7.90. The van der Waals surface area contributed by atoms with Gasteiger partial charge >= 0.3 is 5.76 Å². The zero-order valence-electron chi connectivity index (χ0n) is 13.3. The van der Waals surface area contributed by atoms with Gasteiger partial charge in [-0.05, 0) is 25.0 Å². The van der Waals surface area contributed by atoms with Gasteiger partial charge in [-0.25, -0.2) is 31.1 Å². The van der Waals surface area contributed by atoms with Crippen LogP contribution >= 0.6 is 0 Å². The minimum Gasteiger partial charge on any atom is -0.408 e. The first kappa shape index (κ1) is 18.1. The van der Waals surface area contributed by atoms with E-state index in [9.17, 15) is 21.6 Å². The number of sulfonamides is 2. The molecule has 0 saturated heterocycles. The fourth-order valence-corrected chi connectivity index (χ4v) is 5.25. The average molecular weight is 389 g/mol. The highest BCUT2D eigenvalue weighted by Crippen LogP contribution is 2.18. The highest BCUT2D eigenvalue weighted by atomic mass is 32.2. The summed E-state index contributed by atoms with van der Waals surface area (Å²) in [6.07, 6.45) is 3.62. The summed E-state index contributed by atoms with van der Waals surface area (Å²) in [6.45, 7) is -0.250. The molecule has 25 heavy (non-hydrogen) atoms. The van der Waals surface area contributed by atoms with Crippen molar-refractivity contribution in [1.82, 2.24) is 14.4 Å². The quantitative estimate of drug-likeness (QED) is 0.621. The van der Waals surface area contributed by atoms with Gasteiger partial charge in [-0.1, -0.05) is 12.8 Å². The lowest BCUT2D eigenvalue weighted by molar-refractivity contribution is 0.549. The molecule has 1 heterocycles. The van der Waals surface area contributed by atoms with Crippen LogP contribution in [0.15, 0.2) is 32.3 Å². The molecule has 0 spiro atoms. The Labute approximate surface area is 144 Å². The molecular weight excluding hydrogens is 370 g/mol. The van der Waals surface area contributed by atoms with Crippen LogP contribution in [-0.2, 0) is 20.0 Å². The summed E-state index contributed by atoms with van der Waals surface area (Å²) in [6, 6.07) is 3.87. The predicted molar refractivity (Wildman–Crippen MR) is 91.2 cm³/mol. The molecule has 1 aromatic heterocycles. The van der Waals surface area contributed by atoms with Crippen LogP contribution in [0.1, 0.15) is 25.7 Å². The van der Waals surface area contributed by atoms with Crippen molar-refractivity contribution in [2.75, 3.05) is 12.3 Å². The number of aromatic nitrogens is 1. The lowest BCUT2D eigenvalue weighted by Gasteiger charge is -2.13. The molecule has 9 nitrogen and oxygen atoms in total. The summed E-state index contributed by atoms with van der Waals surface area (Å²) in [5, 5.41) is 0. The molecule has 2 aromatic rings. The second-order valence-electron chi connectivity index (χ2n) is 5.99. The Morgan fingerprint density at radius 3 is 2.60 bits per heavy atom. The number of hydrogen-bond acceptors (Lipinski definition) is 6. The van der Waals surface area contributed by atoms with E-state index in [1.165, 1.54) is 18.2 Å². The van der Waals surface area contributed by atoms with Crippen LogP contribution in [0.2, 0.25) is 0 Å². The van der Waals surface area contributed by atoms with E-state index in [4.69, 9.17) is 4.42 Å². The minimum atomic E-state index is -3.91. The maximum absolute atomic E-state index is 12.3. The van der Waals surface area contributed by atoms with Crippen molar-refractivity contribution >= 4 is 31.1 Å². The maximum Gasteiger partial charge on any atom is 0.417 e. The number of oxazole rings is 1. The Bertz CT molecular complexity index is 1020. The standard InChI is InChI=1S/C14H19N3O6S2/c18-14-16-12-6-5-11(9-13(12)23-14)25(21,22)15-7-8-24(19,20)17-10-3-1-2-4-10/h5-6,9-10,15,17H,1-4,7-8H2,(H,16,18). The van der Waals surface area contributed by atoms with Gasteiger partial charge in [0.2, 0.25) is 20.0 Å². The molecule has 1 aromatic carbocycles.